The normalized spacial score (nSPS) is 10.0. The van der Waals surface area contributed by atoms with E-state index in [-0.39, 0.29) is 5.91 Å². The summed E-state index contributed by atoms with van der Waals surface area (Å²) < 4.78 is 10.5. The van der Waals surface area contributed by atoms with Crippen molar-refractivity contribution in [2.24, 2.45) is 0 Å². The van der Waals surface area contributed by atoms with E-state index in [1.807, 2.05) is 0 Å². The van der Waals surface area contributed by atoms with Crippen molar-refractivity contribution in [3.8, 4) is 0 Å². The maximum Gasteiger partial charge on any atom is 0.243 e. The van der Waals surface area contributed by atoms with Gasteiger partial charge >= 0.3 is 0 Å². The van der Waals surface area contributed by atoms with Crippen LogP contribution in [0, 0.1) is 0 Å². The highest BCUT2D eigenvalue weighted by Gasteiger charge is 2.00. The number of hydrogen-bond acceptors (Lipinski definition) is 4. The van der Waals surface area contributed by atoms with Gasteiger partial charge in [-0.15, -0.1) is 0 Å². The molecule has 1 aromatic heterocycles. The molecule has 1 amide bonds. The third kappa shape index (κ3) is 5.45. The monoisotopic (exact) mass is 251 g/mol. The number of furan rings is 1. The van der Waals surface area contributed by atoms with Gasteiger partial charge in [-0.2, -0.15) is 0 Å². The number of unbranched alkanes of at least 4 members (excludes halogenated alkanes) is 1. The van der Waals surface area contributed by atoms with Crippen molar-refractivity contribution in [2.45, 2.75) is 19.4 Å². The minimum absolute atomic E-state index is 0.159. The topological polar surface area (TPSA) is 68.5 Å². The molecule has 0 aliphatic heterocycles. The highest BCUT2D eigenvalue weighted by molar-refractivity contribution is 5.86. The molecule has 0 aliphatic rings. The molecule has 0 unspecified atom stereocenters. The fourth-order valence-electron chi connectivity index (χ4n) is 1.32. The van der Waals surface area contributed by atoms with Gasteiger partial charge in [0.25, 0.3) is 0 Å². The number of ether oxygens (including phenoxy) is 1. The van der Waals surface area contributed by atoms with E-state index in [9.17, 15) is 9.59 Å². The Balaban J connectivity index is 2.00. The van der Waals surface area contributed by atoms with Crippen LogP contribution in [0.4, 0.5) is 0 Å². The predicted octanol–water partition coefficient (Wildman–Crippen LogP) is 1.69. The van der Waals surface area contributed by atoms with E-state index in [0.29, 0.717) is 37.6 Å². The molecule has 1 N–H and O–H groups in total. The summed E-state index contributed by atoms with van der Waals surface area (Å²) in [6.45, 7) is 4.91. The van der Waals surface area contributed by atoms with Gasteiger partial charge in [-0.05, 0) is 31.1 Å². The number of rotatable bonds is 9. The number of amides is 1. The van der Waals surface area contributed by atoms with Crippen molar-refractivity contribution in [2.75, 3.05) is 13.2 Å². The van der Waals surface area contributed by atoms with Crippen LogP contribution in [-0.2, 0) is 16.1 Å². The zero-order valence-electron chi connectivity index (χ0n) is 10.2. The molecule has 0 aromatic carbocycles. The predicted molar refractivity (Wildman–Crippen MR) is 66.2 cm³/mol. The summed E-state index contributed by atoms with van der Waals surface area (Å²) in [5.41, 5.74) is 0. The highest BCUT2D eigenvalue weighted by Crippen LogP contribution is 2.07. The molecule has 0 aliphatic carbocycles. The zero-order chi connectivity index (χ0) is 13.2. The van der Waals surface area contributed by atoms with Crippen molar-refractivity contribution >= 4 is 12.2 Å². The molecule has 1 aromatic rings. The third-order valence-corrected chi connectivity index (χ3v) is 2.24. The second kappa shape index (κ2) is 8.25. The molecule has 5 nitrogen and oxygen atoms in total. The SMILES string of the molecule is C=CC(=O)NCCCCOCc1ccc(C=O)o1. The van der Waals surface area contributed by atoms with Crippen molar-refractivity contribution in [1.29, 1.82) is 0 Å². The van der Waals surface area contributed by atoms with Crippen LogP contribution < -0.4 is 5.32 Å². The summed E-state index contributed by atoms with van der Waals surface area (Å²) in [4.78, 5) is 21.2. The Kier molecular flexibility index (Phi) is 6.50. The molecule has 0 atom stereocenters. The van der Waals surface area contributed by atoms with E-state index >= 15 is 0 Å². The molecule has 1 heterocycles. The Hall–Kier alpha value is -1.88. The lowest BCUT2D eigenvalue weighted by atomic mass is 10.3. The molecule has 0 saturated heterocycles. The van der Waals surface area contributed by atoms with Crippen LogP contribution in [0.2, 0.25) is 0 Å². The van der Waals surface area contributed by atoms with Gasteiger partial charge in [0.1, 0.15) is 12.4 Å². The summed E-state index contributed by atoms with van der Waals surface area (Å²) in [7, 11) is 0. The molecule has 5 heteroatoms. The Morgan fingerprint density at radius 2 is 2.28 bits per heavy atom. The number of carbonyl (C=O) groups is 2. The fraction of sp³-hybridized carbons (Fsp3) is 0.385. The van der Waals surface area contributed by atoms with Crippen molar-refractivity contribution in [1.82, 2.24) is 5.32 Å². The molecule has 0 bridgehead atoms. The van der Waals surface area contributed by atoms with Crippen molar-refractivity contribution in [3.63, 3.8) is 0 Å². The number of hydrogen-bond donors (Lipinski definition) is 1. The lowest BCUT2D eigenvalue weighted by Gasteiger charge is -2.03. The minimum Gasteiger partial charge on any atom is -0.456 e. The molecule has 98 valence electrons. The summed E-state index contributed by atoms with van der Waals surface area (Å²) in [6, 6.07) is 3.32. The van der Waals surface area contributed by atoms with E-state index in [0.717, 1.165) is 12.8 Å². The van der Waals surface area contributed by atoms with E-state index in [1.54, 1.807) is 12.1 Å². The van der Waals surface area contributed by atoms with Gasteiger partial charge in [-0.1, -0.05) is 6.58 Å². The largest absolute Gasteiger partial charge is 0.456 e. The highest BCUT2D eigenvalue weighted by atomic mass is 16.5. The van der Waals surface area contributed by atoms with Gasteiger partial charge in [-0.3, -0.25) is 9.59 Å². The van der Waals surface area contributed by atoms with Crippen LogP contribution >= 0.6 is 0 Å². The molecule has 0 spiro atoms. The second-order valence-electron chi connectivity index (χ2n) is 3.68. The number of nitrogens with one attached hydrogen (secondary N) is 1. The number of carbonyl (C=O) groups excluding carboxylic acids is 2. The minimum atomic E-state index is -0.159. The van der Waals surface area contributed by atoms with E-state index in [1.165, 1.54) is 6.08 Å². The maximum atomic E-state index is 10.8. The van der Waals surface area contributed by atoms with Gasteiger partial charge in [-0.25, -0.2) is 0 Å². The van der Waals surface area contributed by atoms with Crippen LogP contribution in [0.5, 0.6) is 0 Å². The van der Waals surface area contributed by atoms with E-state index in [4.69, 9.17) is 9.15 Å². The maximum absolute atomic E-state index is 10.8. The van der Waals surface area contributed by atoms with Gasteiger partial charge in [0.05, 0.1) is 0 Å². The number of aldehydes is 1. The third-order valence-electron chi connectivity index (χ3n) is 2.24. The Bertz CT molecular complexity index is 397. The van der Waals surface area contributed by atoms with Crippen molar-refractivity contribution < 1.29 is 18.7 Å². The molecule has 0 fully saturated rings. The summed E-state index contributed by atoms with van der Waals surface area (Å²) in [5, 5.41) is 2.68. The smallest absolute Gasteiger partial charge is 0.243 e. The van der Waals surface area contributed by atoms with Gasteiger partial charge in [0.15, 0.2) is 12.0 Å². The summed E-state index contributed by atoms with van der Waals surface area (Å²) in [5.74, 6) is 0.783. The van der Waals surface area contributed by atoms with Crippen molar-refractivity contribution in [3.05, 3.63) is 36.3 Å². The molecular formula is C13H17NO4. The Morgan fingerprint density at radius 1 is 1.44 bits per heavy atom. The van der Waals surface area contributed by atoms with Crippen LogP contribution in [0.15, 0.2) is 29.2 Å². The van der Waals surface area contributed by atoms with E-state index < -0.39 is 0 Å². The van der Waals surface area contributed by atoms with Crippen LogP contribution in [0.1, 0.15) is 29.2 Å². The molecule has 0 radical (unpaired) electrons. The second-order valence-corrected chi connectivity index (χ2v) is 3.68. The molecule has 1 rings (SSSR count). The average molecular weight is 251 g/mol. The fourth-order valence-corrected chi connectivity index (χ4v) is 1.32. The van der Waals surface area contributed by atoms with Gasteiger partial charge < -0.3 is 14.5 Å². The first-order valence-corrected chi connectivity index (χ1v) is 5.78. The zero-order valence-corrected chi connectivity index (χ0v) is 10.2. The lowest BCUT2D eigenvalue weighted by molar-refractivity contribution is -0.116. The summed E-state index contributed by atoms with van der Waals surface area (Å²) in [6.07, 6.45) is 3.60. The Morgan fingerprint density at radius 3 is 2.94 bits per heavy atom. The standard InChI is InChI=1S/C13H17NO4/c1-2-13(16)14-7-3-4-8-17-10-12-6-5-11(9-15)18-12/h2,5-6,9H,1,3-4,7-8,10H2,(H,14,16). The summed E-state index contributed by atoms with van der Waals surface area (Å²) >= 11 is 0. The first-order valence-electron chi connectivity index (χ1n) is 5.78. The first kappa shape index (κ1) is 14.2. The molecular weight excluding hydrogens is 234 g/mol. The van der Waals surface area contributed by atoms with Crippen LogP contribution in [0.3, 0.4) is 0 Å². The average Bonchev–Trinajstić information content (AvgIpc) is 2.85. The van der Waals surface area contributed by atoms with E-state index in [2.05, 4.69) is 11.9 Å². The molecule has 0 saturated carbocycles. The van der Waals surface area contributed by atoms with Gasteiger partial charge in [0, 0.05) is 13.2 Å². The van der Waals surface area contributed by atoms with Crippen LogP contribution in [0.25, 0.3) is 0 Å². The first-order chi connectivity index (χ1) is 8.76. The van der Waals surface area contributed by atoms with Crippen LogP contribution in [-0.4, -0.2) is 25.3 Å². The lowest BCUT2D eigenvalue weighted by Crippen LogP contribution is -2.22. The molecule has 18 heavy (non-hydrogen) atoms. The quantitative estimate of drug-likeness (QED) is 0.412. The Labute approximate surface area is 106 Å². The van der Waals surface area contributed by atoms with Gasteiger partial charge in [0.2, 0.25) is 5.91 Å².